The Morgan fingerprint density at radius 2 is 1.27 bits per heavy atom. The highest BCUT2D eigenvalue weighted by Crippen LogP contribution is 2.31. The molecule has 8 rings (SSSR count). The average Bonchev–Trinajstić information content (AvgIpc) is 3.70. The van der Waals surface area contributed by atoms with Crippen LogP contribution in [0.2, 0.25) is 0 Å². The summed E-state index contributed by atoms with van der Waals surface area (Å²) in [5.41, 5.74) is 5.10. The molecule has 2 aliphatic rings. The third kappa shape index (κ3) is 9.92. The minimum Gasteiger partial charge on any atom is -0.368 e. The third-order valence-electron chi connectivity index (χ3n) is 11.6. The summed E-state index contributed by atoms with van der Waals surface area (Å²) in [7, 11) is 0. The van der Waals surface area contributed by atoms with Crippen LogP contribution in [0.25, 0.3) is 16.2 Å². The number of para-hydroxylation sites is 1. The van der Waals surface area contributed by atoms with E-state index in [1.54, 1.807) is 16.2 Å². The molecule has 60 heavy (non-hydrogen) atoms. The molecular formula is C49H48F3N5O2S. The molecule has 0 radical (unpaired) electrons. The number of carbonyl (C=O) groups is 2. The van der Waals surface area contributed by atoms with Crippen molar-refractivity contribution in [1.82, 2.24) is 14.7 Å². The largest absolute Gasteiger partial charge is 0.416 e. The number of alkyl halides is 3. The van der Waals surface area contributed by atoms with E-state index in [4.69, 9.17) is 0 Å². The van der Waals surface area contributed by atoms with Gasteiger partial charge in [0.05, 0.1) is 5.56 Å². The molecule has 6 aromatic rings. The Morgan fingerprint density at radius 3 is 1.92 bits per heavy atom. The minimum absolute atomic E-state index is 0.117. The summed E-state index contributed by atoms with van der Waals surface area (Å²) < 4.78 is 41.1. The number of hydrogen-bond donors (Lipinski definition) is 0. The van der Waals surface area contributed by atoms with E-state index in [2.05, 4.69) is 80.7 Å². The second kappa shape index (κ2) is 18.6. The van der Waals surface area contributed by atoms with E-state index in [1.807, 2.05) is 53.4 Å². The molecule has 2 fully saturated rings. The predicted octanol–water partition coefficient (Wildman–Crippen LogP) is 9.24. The number of amides is 2. The first-order chi connectivity index (χ1) is 29.2. The smallest absolute Gasteiger partial charge is 0.368 e. The molecule has 0 N–H and O–H groups in total. The van der Waals surface area contributed by atoms with Gasteiger partial charge in [-0.05, 0) is 81.6 Å². The molecule has 5 aromatic carbocycles. The van der Waals surface area contributed by atoms with Crippen molar-refractivity contribution in [2.45, 2.75) is 31.7 Å². The van der Waals surface area contributed by atoms with E-state index in [-0.39, 0.29) is 12.5 Å². The Hall–Kier alpha value is -5.91. The van der Waals surface area contributed by atoms with Crippen LogP contribution in [0.3, 0.4) is 0 Å². The van der Waals surface area contributed by atoms with Crippen molar-refractivity contribution < 1.29 is 22.8 Å². The molecule has 0 spiro atoms. The fraction of sp³-hybridized carbons (Fsp3) is 0.265. The van der Waals surface area contributed by atoms with E-state index in [0.717, 1.165) is 71.8 Å². The topological polar surface area (TPSA) is 50.3 Å². The molecule has 0 aliphatic carbocycles. The molecule has 11 heteroatoms. The Balaban J connectivity index is 1.06. The SMILES string of the molecule is O=C([C@H](Cc1csc2ccccc12)N(Cc1ccc(N2CCN(c3ccccc3)CC2)cc1)C(=O)/C=C/c1ccc(C(F)(F)F)cc1)N1CCN(Cc2ccccc2)CC1. The molecule has 7 nitrogen and oxygen atoms in total. The molecule has 0 saturated carbocycles. The number of anilines is 2. The number of benzene rings is 5. The molecule has 2 aliphatic heterocycles. The van der Waals surface area contributed by atoms with Gasteiger partial charge in [0.2, 0.25) is 11.8 Å². The van der Waals surface area contributed by atoms with E-state index >= 15 is 0 Å². The minimum atomic E-state index is -4.46. The first-order valence-electron chi connectivity index (χ1n) is 20.5. The van der Waals surface area contributed by atoms with Crippen LogP contribution in [0.15, 0.2) is 145 Å². The number of halogens is 3. The van der Waals surface area contributed by atoms with Gasteiger partial charge in [-0.3, -0.25) is 14.5 Å². The lowest BCUT2D eigenvalue weighted by molar-refractivity contribution is -0.145. The normalized spacial score (nSPS) is 15.8. The summed E-state index contributed by atoms with van der Waals surface area (Å²) in [4.78, 5) is 40.1. The average molecular weight is 828 g/mol. The Kier molecular flexibility index (Phi) is 12.6. The van der Waals surface area contributed by atoms with Gasteiger partial charge in [0.15, 0.2) is 0 Å². The lowest BCUT2D eigenvalue weighted by Gasteiger charge is -2.39. The van der Waals surface area contributed by atoms with Crippen molar-refractivity contribution in [3.8, 4) is 0 Å². The zero-order valence-electron chi connectivity index (χ0n) is 33.4. The number of carbonyl (C=O) groups excluding carboxylic acids is 2. The number of fused-ring (bicyclic) bond motifs is 1. The van der Waals surface area contributed by atoms with Crippen molar-refractivity contribution in [2.75, 3.05) is 62.2 Å². The number of hydrogen-bond acceptors (Lipinski definition) is 6. The summed E-state index contributed by atoms with van der Waals surface area (Å²) >= 11 is 1.62. The highest BCUT2D eigenvalue weighted by atomic mass is 32.1. The van der Waals surface area contributed by atoms with Gasteiger partial charge in [0.25, 0.3) is 0 Å². The molecule has 2 saturated heterocycles. The fourth-order valence-electron chi connectivity index (χ4n) is 8.17. The molecule has 308 valence electrons. The summed E-state index contributed by atoms with van der Waals surface area (Å²) in [6.07, 6.45) is -1.24. The Labute approximate surface area is 353 Å². The first kappa shape index (κ1) is 40.9. The van der Waals surface area contributed by atoms with Crippen LogP contribution in [0.1, 0.15) is 27.8 Å². The molecule has 1 aromatic heterocycles. The van der Waals surface area contributed by atoms with Gasteiger partial charge in [0, 0.05) is 94.0 Å². The summed E-state index contributed by atoms with van der Waals surface area (Å²) in [5, 5.41) is 3.13. The number of piperazine rings is 2. The van der Waals surface area contributed by atoms with E-state index in [0.29, 0.717) is 38.2 Å². The lowest BCUT2D eigenvalue weighted by atomic mass is 10.0. The summed E-state index contributed by atoms with van der Waals surface area (Å²) in [6.45, 7) is 6.99. The van der Waals surface area contributed by atoms with Gasteiger partial charge in [-0.2, -0.15) is 13.2 Å². The van der Waals surface area contributed by atoms with Crippen molar-refractivity contribution >= 4 is 50.7 Å². The maximum Gasteiger partial charge on any atom is 0.416 e. The van der Waals surface area contributed by atoms with Gasteiger partial charge in [-0.1, -0.05) is 91.0 Å². The zero-order valence-corrected chi connectivity index (χ0v) is 34.2. The highest BCUT2D eigenvalue weighted by Gasteiger charge is 2.35. The van der Waals surface area contributed by atoms with E-state index in [1.165, 1.54) is 35.5 Å². The fourth-order valence-corrected chi connectivity index (χ4v) is 9.14. The maximum atomic E-state index is 14.9. The van der Waals surface area contributed by atoms with Crippen LogP contribution in [-0.2, 0) is 35.3 Å². The molecule has 3 heterocycles. The predicted molar refractivity (Wildman–Crippen MR) is 236 cm³/mol. The molecule has 1 atom stereocenters. The molecule has 0 unspecified atom stereocenters. The van der Waals surface area contributed by atoms with Crippen LogP contribution in [0.5, 0.6) is 0 Å². The van der Waals surface area contributed by atoms with Crippen molar-refractivity contribution in [3.63, 3.8) is 0 Å². The number of rotatable bonds is 12. The van der Waals surface area contributed by atoms with Crippen molar-refractivity contribution in [1.29, 1.82) is 0 Å². The molecular weight excluding hydrogens is 780 g/mol. The van der Waals surface area contributed by atoms with Crippen LogP contribution in [0.4, 0.5) is 24.5 Å². The van der Waals surface area contributed by atoms with Crippen LogP contribution in [-0.4, -0.2) is 84.9 Å². The first-order valence-corrected chi connectivity index (χ1v) is 21.4. The van der Waals surface area contributed by atoms with Gasteiger partial charge >= 0.3 is 6.18 Å². The lowest BCUT2D eigenvalue weighted by Crippen LogP contribution is -2.56. The van der Waals surface area contributed by atoms with Crippen molar-refractivity contribution in [2.24, 2.45) is 0 Å². The standard InChI is InChI=1S/C49H48F3N5O2S/c50-49(51,52)41-20-15-37(16-21-41)19-24-47(58)57(35-39-17-22-43(23-18-39)55-31-29-54(30-32-55)42-11-5-2-6-12-42)45(33-40-36-60-46-14-8-7-13-44(40)46)48(59)56-27-25-53(26-28-56)34-38-9-3-1-4-10-38/h1-24,36,45H,25-35H2/b24-19+/t45-/m0/s1. The summed E-state index contributed by atoms with van der Waals surface area (Å²) in [5.74, 6) is -0.509. The van der Waals surface area contributed by atoms with Gasteiger partial charge in [0.1, 0.15) is 6.04 Å². The van der Waals surface area contributed by atoms with Crippen molar-refractivity contribution in [3.05, 3.63) is 173 Å². The highest BCUT2D eigenvalue weighted by molar-refractivity contribution is 7.17. The van der Waals surface area contributed by atoms with Gasteiger partial charge < -0.3 is 19.6 Å². The Morgan fingerprint density at radius 1 is 0.667 bits per heavy atom. The van der Waals surface area contributed by atoms with Crippen LogP contribution in [0, 0.1) is 0 Å². The second-order valence-corrected chi connectivity index (χ2v) is 16.4. The van der Waals surface area contributed by atoms with Gasteiger partial charge in [-0.15, -0.1) is 11.3 Å². The quantitative estimate of drug-likeness (QED) is 0.115. The Bertz CT molecular complexity index is 2370. The zero-order chi connectivity index (χ0) is 41.5. The maximum absolute atomic E-state index is 14.9. The molecule has 2 amide bonds. The van der Waals surface area contributed by atoms with Crippen LogP contribution < -0.4 is 9.80 Å². The third-order valence-corrected chi connectivity index (χ3v) is 12.6. The second-order valence-electron chi connectivity index (χ2n) is 15.5. The van der Waals surface area contributed by atoms with E-state index in [9.17, 15) is 22.8 Å². The van der Waals surface area contributed by atoms with Crippen LogP contribution >= 0.6 is 11.3 Å². The number of nitrogens with zero attached hydrogens (tertiary/aromatic N) is 5. The number of thiophene rings is 1. The summed E-state index contributed by atoms with van der Waals surface area (Å²) in [6, 6.07) is 40.9. The van der Waals surface area contributed by atoms with E-state index < -0.39 is 23.7 Å². The molecule has 0 bridgehead atoms. The van der Waals surface area contributed by atoms with Gasteiger partial charge in [-0.25, -0.2) is 0 Å². The monoisotopic (exact) mass is 827 g/mol.